The van der Waals surface area contributed by atoms with Crippen LogP contribution in [0.25, 0.3) is 17.4 Å². The Morgan fingerprint density at radius 2 is 1.69 bits per heavy atom. The number of nitrogens with one attached hydrogen (secondary N) is 2. The number of halogens is 1. The van der Waals surface area contributed by atoms with Gasteiger partial charge in [-0.15, -0.1) is 0 Å². The van der Waals surface area contributed by atoms with Gasteiger partial charge < -0.3 is 15.1 Å². The van der Waals surface area contributed by atoms with Gasteiger partial charge in [0.2, 0.25) is 17.6 Å². The first-order chi connectivity index (χ1) is 20.3. The molecule has 5 aromatic rings. The second-order valence-corrected chi connectivity index (χ2v) is 9.98. The Bertz CT molecular complexity index is 1760. The molecule has 0 saturated heterocycles. The van der Waals surface area contributed by atoms with Gasteiger partial charge >= 0.3 is 0 Å². The van der Waals surface area contributed by atoms with Crippen LogP contribution in [0.3, 0.4) is 0 Å². The number of carbonyl (C=O) groups is 3. The number of aryl methyl sites for hydroxylation is 1. The Morgan fingerprint density at radius 1 is 0.905 bits per heavy atom. The van der Waals surface area contributed by atoms with Crippen LogP contribution in [0.15, 0.2) is 108 Å². The molecule has 2 amide bonds. The van der Waals surface area contributed by atoms with Gasteiger partial charge in [-0.05, 0) is 85.3 Å². The van der Waals surface area contributed by atoms with Gasteiger partial charge in [0.15, 0.2) is 0 Å². The van der Waals surface area contributed by atoms with E-state index in [1.165, 1.54) is 12.1 Å². The van der Waals surface area contributed by atoms with Crippen LogP contribution in [-0.4, -0.2) is 17.6 Å². The fourth-order valence-corrected chi connectivity index (χ4v) is 4.32. The fourth-order valence-electron chi connectivity index (χ4n) is 4.19. The quantitative estimate of drug-likeness (QED) is 0.141. The summed E-state index contributed by atoms with van der Waals surface area (Å²) in [5.74, 6) is 0.0778. The van der Waals surface area contributed by atoms with E-state index in [0.29, 0.717) is 27.9 Å². The van der Waals surface area contributed by atoms with Gasteiger partial charge in [0, 0.05) is 27.9 Å². The van der Waals surface area contributed by atoms with Crippen molar-refractivity contribution in [2.24, 2.45) is 0 Å². The lowest BCUT2D eigenvalue weighted by atomic mass is 10.0. The second-order valence-electron chi connectivity index (χ2n) is 9.54. The minimum absolute atomic E-state index is 0.148. The highest BCUT2D eigenvalue weighted by Crippen LogP contribution is 2.26. The molecule has 0 radical (unpaired) electrons. The number of hydrogen-bond acceptors (Lipinski definition) is 4. The monoisotopic (exact) mass is 572 g/mol. The van der Waals surface area contributed by atoms with Crippen molar-refractivity contribution in [3.63, 3.8) is 0 Å². The summed E-state index contributed by atoms with van der Waals surface area (Å²) in [4.78, 5) is 38.9. The summed E-state index contributed by atoms with van der Waals surface area (Å²) in [5.41, 5.74) is 4.01. The number of anilines is 2. The molecule has 2 N–H and O–H groups in total. The maximum atomic E-state index is 13.4. The second kappa shape index (κ2) is 12.9. The number of furan rings is 1. The van der Waals surface area contributed by atoms with Crippen molar-refractivity contribution in [3.8, 4) is 11.3 Å². The Balaban J connectivity index is 1.32. The van der Waals surface area contributed by atoms with Crippen molar-refractivity contribution in [2.75, 3.05) is 10.6 Å². The van der Waals surface area contributed by atoms with Crippen LogP contribution < -0.4 is 10.6 Å². The summed E-state index contributed by atoms with van der Waals surface area (Å²) in [6, 6.07) is 33.7. The van der Waals surface area contributed by atoms with Crippen molar-refractivity contribution >= 4 is 46.6 Å². The third kappa shape index (κ3) is 7.22. The summed E-state index contributed by atoms with van der Waals surface area (Å²) < 4.78 is 5.81. The molecule has 0 unspecified atom stereocenters. The van der Waals surface area contributed by atoms with Crippen LogP contribution >= 0.6 is 11.6 Å². The zero-order valence-electron chi connectivity index (χ0n) is 22.6. The largest absolute Gasteiger partial charge is 0.457 e. The molecule has 42 heavy (non-hydrogen) atoms. The number of ketones is 1. The normalized spacial score (nSPS) is 10.7. The standard InChI is InChI=1S/C35H25ClN2O4/c1-23-7-9-24(10-8-23)21-34(40)38-31-18-15-28(22-30(31)35(41)26-5-3-2-4-6-26)37-33(39)20-17-29-16-19-32(42-29)25-11-13-27(36)14-12-25/h2-3,5,7-20,22H,21H2,1H3,(H,37,39)(H,38,40)/b20-17+. The van der Waals surface area contributed by atoms with Gasteiger partial charge in [0.1, 0.15) is 11.5 Å². The molecule has 0 atom stereocenters. The van der Waals surface area contributed by atoms with Gasteiger partial charge in [-0.3, -0.25) is 14.4 Å². The first-order valence-electron chi connectivity index (χ1n) is 13.1. The minimum Gasteiger partial charge on any atom is -0.457 e. The van der Waals surface area contributed by atoms with Gasteiger partial charge in [0.05, 0.1) is 17.7 Å². The maximum absolute atomic E-state index is 13.4. The molecule has 4 aromatic carbocycles. The van der Waals surface area contributed by atoms with Crippen LogP contribution in [0.2, 0.25) is 5.02 Å². The van der Waals surface area contributed by atoms with Gasteiger partial charge in [-0.1, -0.05) is 59.6 Å². The third-order valence-electron chi connectivity index (χ3n) is 6.34. The van der Waals surface area contributed by atoms with E-state index in [9.17, 15) is 14.4 Å². The molecule has 7 heteroatoms. The highest BCUT2D eigenvalue weighted by molar-refractivity contribution is 6.30. The third-order valence-corrected chi connectivity index (χ3v) is 6.59. The number of rotatable bonds is 9. The van der Waals surface area contributed by atoms with E-state index in [1.54, 1.807) is 54.6 Å². The minimum atomic E-state index is -0.423. The highest BCUT2D eigenvalue weighted by atomic mass is 35.5. The SMILES string of the molecule is Cc1ccc(CC(=O)Nc2ccc(NC(=O)/C=C/c3ccc(-c4ccc(Cl)cc4)o3)cc2C(=O)c2c#cccc2)cc1. The predicted molar refractivity (Wildman–Crippen MR) is 164 cm³/mol. The molecule has 0 aliphatic carbocycles. The summed E-state index contributed by atoms with van der Waals surface area (Å²) in [6.07, 6.45) is 3.04. The lowest BCUT2D eigenvalue weighted by Gasteiger charge is -2.13. The average molecular weight is 573 g/mol. The molecule has 0 aliphatic heterocycles. The summed E-state index contributed by atoms with van der Waals surface area (Å²) in [5, 5.41) is 6.23. The zero-order valence-corrected chi connectivity index (χ0v) is 23.4. The maximum Gasteiger partial charge on any atom is 0.248 e. The lowest BCUT2D eigenvalue weighted by molar-refractivity contribution is -0.115. The van der Waals surface area contributed by atoms with Crippen molar-refractivity contribution in [1.29, 1.82) is 0 Å². The summed E-state index contributed by atoms with van der Waals surface area (Å²) in [7, 11) is 0. The summed E-state index contributed by atoms with van der Waals surface area (Å²) >= 11 is 5.95. The fraction of sp³-hybridized carbons (Fsp3) is 0.0571. The molecular weight excluding hydrogens is 548 g/mol. The van der Waals surface area contributed by atoms with Crippen LogP contribution in [0, 0.1) is 19.1 Å². The molecular formula is C35H25ClN2O4. The first-order valence-corrected chi connectivity index (χ1v) is 13.5. The smallest absolute Gasteiger partial charge is 0.248 e. The van der Waals surface area contributed by atoms with Crippen LogP contribution in [0.4, 0.5) is 11.4 Å². The van der Waals surface area contributed by atoms with E-state index < -0.39 is 5.91 Å². The van der Waals surface area contributed by atoms with E-state index >= 15 is 0 Å². The predicted octanol–water partition coefficient (Wildman–Crippen LogP) is 7.57. The molecule has 0 fully saturated rings. The average Bonchev–Trinajstić information content (AvgIpc) is 3.48. The van der Waals surface area contributed by atoms with Crippen molar-refractivity contribution in [3.05, 3.63) is 148 Å². The van der Waals surface area contributed by atoms with Crippen molar-refractivity contribution < 1.29 is 18.8 Å². The molecule has 0 saturated carbocycles. The van der Waals surface area contributed by atoms with E-state index in [-0.39, 0.29) is 29.2 Å². The van der Waals surface area contributed by atoms with Gasteiger partial charge in [-0.25, -0.2) is 0 Å². The van der Waals surface area contributed by atoms with Gasteiger partial charge in [0.25, 0.3) is 0 Å². The van der Waals surface area contributed by atoms with E-state index in [0.717, 1.165) is 16.7 Å². The lowest BCUT2D eigenvalue weighted by Crippen LogP contribution is -2.18. The molecule has 1 aromatic heterocycles. The number of benzene rings is 3. The van der Waals surface area contributed by atoms with Crippen LogP contribution in [0.1, 0.15) is 32.8 Å². The molecule has 0 bridgehead atoms. The Hall–Kier alpha value is -5.38. The summed E-state index contributed by atoms with van der Waals surface area (Å²) in [6.45, 7) is 1.98. The Morgan fingerprint density at radius 3 is 2.43 bits per heavy atom. The first kappa shape index (κ1) is 28.2. The van der Waals surface area contributed by atoms with Crippen LogP contribution in [0.5, 0.6) is 0 Å². The molecule has 0 spiro atoms. The Kier molecular flexibility index (Phi) is 8.62. The molecule has 206 valence electrons. The van der Waals surface area contributed by atoms with Gasteiger partial charge in [-0.2, -0.15) is 0 Å². The molecule has 0 aliphatic rings. The van der Waals surface area contributed by atoms with E-state index in [1.807, 2.05) is 49.4 Å². The zero-order chi connectivity index (χ0) is 29.5. The number of carbonyl (C=O) groups excluding carboxylic acids is 3. The molecule has 6 nitrogen and oxygen atoms in total. The highest BCUT2D eigenvalue weighted by Gasteiger charge is 2.17. The van der Waals surface area contributed by atoms with Crippen molar-refractivity contribution in [2.45, 2.75) is 13.3 Å². The van der Waals surface area contributed by atoms with E-state index in [4.69, 9.17) is 16.0 Å². The number of amides is 2. The Labute approximate surface area is 248 Å². The number of hydrogen-bond donors (Lipinski definition) is 2. The van der Waals surface area contributed by atoms with E-state index in [2.05, 4.69) is 22.8 Å². The van der Waals surface area contributed by atoms with Crippen LogP contribution in [-0.2, 0) is 16.0 Å². The van der Waals surface area contributed by atoms with Crippen molar-refractivity contribution in [1.82, 2.24) is 0 Å². The topological polar surface area (TPSA) is 88.4 Å². The molecule has 1 heterocycles. The molecule has 5 rings (SSSR count).